The zero-order valence-corrected chi connectivity index (χ0v) is 21.2. The van der Waals surface area contributed by atoms with E-state index in [1.165, 1.54) is 6.07 Å². The van der Waals surface area contributed by atoms with Crippen LogP contribution in [0.2, 0.25) is 5.02 Å². The molecule has 0 aliphatic heterocycles. The summed E-state index contributed by atoms with van der Waals surface area (Å²) in [7, 11) is 1.60. The van der Waals surface area contributed by atoms with Crippen molar-refractivity contribution in [1.29, 1.82) is 5.26 Å². The molecule has 5 rings (SSSR count). The van der Waals surface area contributed by atoms with Gasteiger partial charge in [0.15, 0.2) is 5.78 Å². The van der Waals surface area contributed by atoms with E-state index in [-0.39, 0.29) is 33.4 Å². The van der Waals surface area contributed by atoms with Crippen molar-refractivity contribution in [3.63, 3.8) is 0 Å². The number of hydrogen-bond acceptors (Lipinski definition) is 4. The Morgan fingerprint density at radius 1 is 1.07 bits per heavy atom. The summed E-state index contributed by atoms with van der Waals surface area (Å²) in [6, 6.07) is 7.56. The first-order valence-corrected chi connectivity index (χ1v) is 11.8. The highest BCUT2D eigenvalue weighted by Gasteiger charge is 2.33. The molecule has 1 N–H and O–H groups in total. The van der Waals surface area contributed by atoms with Crippen molar-refractivity contribution >= 4 is 45.8 Å². The summed E-state index contributed by atoms with van der Waals surface area (Å²) in [5, 5.41) is 12.4. The molecule has 0 spiro atoms. The van der Waals surface area contributed by atoms with Gasteiger partial charge in [0.2, 0.25) is 5.78 Å². The molecule has 2 heterocycles. The standard InChI is InChI=1S/C27H15ClF5N5O2/c1-12-11-38-21-9-20(36-25(40)13-5-14(27(31,32)33)7-16(30)6-13)22(18(10-34)23(21)37(2)26(38)35-12)24(39)17-8-15(29)3-4-19(17)28/h3-9,11H,1-2H3,(H,36,40). The van der Waals surface area contributed by atoms with E-state index in [1.54, 1.807) is 29.1 Å². The Kier molecular flexibility index (Phi) is 6.35. The fraction of sp³-hybridized carbons (Fsp3) is 0.111. The van der Waals surface area contributed by atoms with Crippen molar-refractivity contribution in [1.82, 2.24) is 14.0 Å². The molecule has 40 heavy (non-hydrogen) atoms. The molecule has 0 unspecified atom stereocenters. The van der Waals surface area contributed by atoms with E-state index in [0.29, 0.717) is 29.1 Å². The molecule has 3 aromatic carbocycles. The minimum absolute atomic E-state index is 0.148. The van der Waals surface area contributed by atoms with Crippen molar-refractivity contribution in [2.75, 3.05) is 5.32 Å². The maximum atomic E-state index is 14.1. The third kappa shape index (κ3) is 4.44. The van der Waals surface area contributed by atoms with Gasteiger partial charge in [-0.2, -0.15) is 18.4 Å². The van der Waals surface area contributed by atoms with E-state index in [4.69, 9.17) is 11.6 Å². The molecule has 13 heteroatoms. The van der Waals surface area contributed by atoms with Crippen molar-refractivity contribution in [2.24, 2.45) is 7.05 Å². The lowest BCUT2D eigenvalue weighted by Gasteiger charge is -2.15. The van der Waals surface area contributed by atoms with Crippen molar-refractivity contribution < 1.29 is 31.5 Å². The zero-order valence-electron chi connectivity index (χ0n) is 20.5. The summed E-state index contributed by atoms with van der Waals surface area (Å²) in [5.74, 6) is -3.86. The van der Waals surface area contributed by atoms with Crippen LogP contribution >= 0.6 is 11.6 Å². The van der Waals surface area contributed by atoms with E-state index in [1.807, 2.05) is 6.07 Å². The van der Waals surface area contributed by atoms with Gasteiger partial charge in [-0.25, -0.2) is 13.8 Å². The van der Waals surface area contributed by atoms with Crippen molar-refractivity contribution in [2.45, 2.75) is 13.1 Å². The number of nitrogens with one attached hydrogen (secondary N) is 1. The summed E-state index contributed by atoms with van der Waals surface area (Å²) in [6.45, 7) is 1.72. The average molecular weight is 572 g/mol. The van der Waals surface area contributed by atoms with Crippen LogP contribution in [0.25, 0.3) is 16.8 Å². The number of nitrogens with zero attached hydrogens (tertiary/aromatic N) is 4. The third-order valence-electron chi connectivity index (χ3n) is 6.23. The lowest BCUT2D eigenvalue weighted by Crippen LogP contribution is -2.18. The number of alkyl halides is 3. The Bertz CT molecular complexity index is 1930. The fourth-order valence-electron chi connectivity index (χ4n) is 4.51. The number of rotatable bonds is 4. The number of carbonyl (C=O) groups is 2. The molecule has 0 saturated heterocycles. The molecule has 0 atom stereocenters. The molecule has 1 amide bonds. The summed E-state index contributed by atoms with van der Waals surface area (Å²) in [6.07, 6.45) is -3.30. The lowest BCUT2D eigenvalue weighted by atomic mass is 9.95. The average Bonchev–Trinajstić information content (AvgIpc) is 3.39. The number of anilines is 1. The molecule has 0 radical (unpaired) electrons. The maximum absolute atomic E-state index is 14.1. The number of fused-ring (bicyclic) bond motifs is 3. The number of carbonyl (C=O) groups excluding carboxylic acids is 2. The fourth-order valence-corrected chi connectivity index (χ4v) is 4.71. The topological polar surface area (TPSA) is 92.2 Å². The number of benzene rings is 3. The number of aromatic nitrogens is 3. The smallest absolute Gasteiger partial charge is 0.321 e. The van der Waals surface area contributed by atoms with Gasteiger partial charge in [-0.1, -0.05) is 11.6 Å². The van der Waals surface area contributed by atoms with Crippen LogP contribution in [0, 0.1) is 29.9 Å². The van der Waals surface area contributed by atoms with Crippen molar-refractivity contribution in [3.8, 4) is 6.07 Å². The summed E-state index contributed by atoms with van der Waals surface area (Å²) in [4.78, 5) is 31.3. The molecule has 202 valence electrons. The van der Waals surface area contributed by atoms with Crippen LogP contribution in [0.3, 0.4) is 0 Å². The number of ketones is 1. The van der Waals surface area contributed by atoms with Gasteiger partial charge < -0.3 is 9.88 Å². The van der Waals surface area contributed by atoms with E-state index >= 15 is 0 Å². The van der Waals surface area contributed by atoms with Gasteiger partial charge in [-0.05, 0) is 49.4 Å². The van der Waals surface area contributed by atoms with Crippen LogP contribution < -0.4 is 5.32 Å². The molecular formula is C27H15ClF5N5O2. The molecule has 7 nitrogen and oxygen atoms in total. The van der Waals surface area contributed by atoms with Crippen LogP contribution in [-0.4, -0.2) is 25.6 Å². The molecular weight excluding hydrogens is 557 g/mol. The summed E-state index contributed by atoms with van der Waals surface area (Å²) in [5.41, 5.74) is -2.17. The lowest BCUT2D eigenvalue weighted by molar-refractivity contribution is -0.137. The molecule has 5 aromatic rings. The molecule has 0 saturated carbocycles. The normalized spacial score (nSPS) is 11.7. The highest BCUT2D eigenvalue weighted by Crippen LogP contribution is 2.35. The van der Waals surface area contributed by atoms with Crippen LogP contribution in [0.5, 0.6) is 0 Å². The minimum atomic E-state index is -4.94. The highest BCUT2D eigenvalue weighted by atomic mass is 35.5. The predicted molar refractivity (Wildman–Crippen MR) is 135 cm³/mol. The van der Waals surface area contributed by atoms with E-state index < -0.39 is 46.2 Å². The van der Waals surface area contributed by atoms with Crippen molar-refractivity contribution in [3.05, 3.63) is 98.8 Å². The van der Waals surface area contributed by atoms with Gasteiger partial charge in [-0.3, -0.25) is 14.0 Å². The summed E-state index contributed by atoms with van der Waals surface area (Å²) < 4.78 is 71.0. The molecule has 0 aliphatic rings. The molecule has 0 aliphatic carbocycles. The van der Waals surface area contributed by atoms with Gasteiger partial charge in [0.1, 0.15) is 17.7 Å². The Hall–Kier alpha value is -4.76. The van der Waals surface area contributed by atoms with E-state index in [0.717, 1.165) is 18.2 Å². The van der Waals surface area contributed by atoms with Gasteiger partial charge in [0, 0.05) is 24.4 Å². The van der Waals surface area contributed by atoms with Gasteiger partial charge >= 0.3 is 6.18 Å². The Balaban J connectivity index is 1.78. The monoisotopic (exact) mass is 571 g/mol. The number of hydrogen-bond donors (Lipinski definition) is 1. The Morgan fingerprint density at radius 2 is 1.80 bits per heavy atom. The molecule has 2 aromatic heterocycles. The Labute approximate surface area is 227 Å². The second-order valence-corrected chi connectivity index (χ2v) is 9.31. The Morgan fingerprint density at radius 3 is 2.48 bits per heavy atom. The predicted octanol–water partition coefficient (Wildman–Crippen LogP) is 6.44. The number of aryl methyl sites for hydroxylation is 2. The second kappa shape index (κ2) is 9.46. The van der Waals surface area contributed by atoms with Crippen LogP contribution in [0.15, 0.2) is 48.7 Å². The first kappa shape index (κ1) is 26.8. The zero-order chi connectivity index (χ0) is 29.1. The highest BCUT2D eigenvalue weighted by molar-refractivity contribution is 6.35. The van der Waals surface area contributed by atoms with E-state index in [9.17, 15) is 36.8 Å². The van der Waals surface area contributed by atoms with Gasteiger partial charge in [0.25, 0.3) is 5.91 Å². The quantitative estimate of drug-likeness (QED) is 0.198. The van der Waals surface area contributed by atoms with E-state index in [2.05, 4.69) is 10.3 Å². The molecule has 0 fully saturated rings. The van der Waals surface area contributed by atoms with Gasteiger partial charge in [-0.15, -0.1) is 0 Å². The number of halogens is 6. The van der Waals surface area contributed by atoms with Crippen LogP contribution in [0.1, 0.15) is 43.1 Å². The minimum Gasteiger partial charge on any atom is -0.321 e. The van der Waals surface area contributed by atoms with Crippen LogP contribution in [-0.2, 0) is 13.2 Å². The maximum Gasteiger partial charge on any atom is 0.416 e. The first-order valence-electron chi connectivity index (χ1n) is 11.4. The van der Waals surface area contributed by atoms with Gasteiger partial charge in [0.05, 0.1) is 44.1 Å². The SMILES string of the molecule is Cc1cn2c3cc(NC(=O)c4cc(F)cc(C(F)(F)F)c4)c(C(=O)c4cc(F)ccc4Cl)c(C#N)c3n(C)c2n1. The third-order valence-corrected chi connectivity index (χ3v) is 6.56. The molecule has 0 bridgehead atoms. The number of amides is 1. The second-order valence-electron chi connectivity index (χ2n) is 8.90. The first-order chi connectivity index (χ1) is 18.8. The van der Waals surface area contributed by atoms with Crippen LogP contribution in [0.4, 0.5) is 27.6 Å². The number of nitriles is 1. The number of imidazole rings is 2. The summed E-state index contributed by atoms with van der Waals surface area (Å²) >= 11 is 6.16. The largest absolute Gasteiger partial charge is 0.416 e.